The van der Waals surface area contributed by atoms with Crippen molar-refractivity contribution in [2.24, 2.45) is 0 Å². The standard InChI is InChI=1S/C18H21N3/c1-2-9-18-16(6-1)7-5-8-17(18)14-19-10-3-4-12-21-13-11-20-15-21/h1-2,5-9,11,13,15,19H,3-4,10,12,14H2. The van der Waals surface area contributed by atoms with E-state index >= 15 is 0 Å². The van der Waals surface area contributed by atoms with E-state index in [9.17, 15) is 0 Å². The van der Waals surface area contributed by atoms with E-state index in [2.05, 4.69) is 57.3 Å². The molecule has 3 heteroatoms. The number of hydrogen-bond acceptors (Lipinski definition) is 2. The summed E-state index contributed by atoms with van der Waals surface area (Å²) < 4.78 is 2.13. The number of imidazole rings is 1. The summed E-state index contributed by atoms with van der Waals surface area (Å²) in [6.07, 6.45) is 8.09. The van der Waals surface area contributed by atoms with Crippen molar-refractivity contribution >= 4 is 10.8 Å². The van der Waals surface area contributed by atoms with Crippen molar-refractivity contribution in [2.75, 3.05) is 6.54 Å². The summed E-state index contributed by atoms with van der Waals surface area (Å²) in [7, 11) is 0. The summed E-state index contributed by atoms with van der Waals surface area (Å²) in [4.78, 5) is 4.05. The summed E-state index contributed by atoms with van der Waals surface area (Å²) >= 11 is 0. The Morgan fingerprint density at radius 2 is 1.90 bits per heavy atom. The van der Waals surface area contributed by atoms with Crippen molar-refractivity contribution in [3.63, 3.8) is 0 Å². The highest BCUT2D eigenvalue weighted by molar-refractivity contribution is 5.85. The third kappa shape index (κ3) is 3.70. The molecule has 1 heterocycles. The molecule has 3 rings (SSSR count). The van der Waals surface area contributed by atoms with Crippen molar-refractivity contribution in [1.29, 1.82) is 0 Å². The Bertz CT molecular complexity index is 669. The van der Waals surface area contributed by atoms with Crippen molar-refractivity contribution < 1.29 is 0 Å². The maximum absolute atomic E-state index is 4.05. The van der Waals surface area contributed by atoms with Gasteiger partial charge in [-0.1, -0.05) is 42.5 Å². The number of hydrogen-bond donors (Lipinski definition) is 1. The molecular formula is C18H21N3. The van der Waals surface area contributed by atoms with Gasteiger partial charge in [0.2, 0.25) is 0 Å². The highest BCUT2D eigenvalue weighted by atomic mass is 15.0. The van der Waals surface area contributed by atoms with E-state index in [-0.39, 0.29) is 0 Å². The summed E-state index contributed by atoms with van der Waals surface area (Å²) in [5.41, 5.74) is 1.38. The lowest BCUT2D eigenvalue weighted by atomic mass is 10.0. The summed E-state index contributed by atoms with van der Waals surface area (Å²) in [6.45, 7) is 3.04. The van der Waals surface area contributed by atoms with Crippen LogP contribution in [0.2, 0.25) is 0 Å². The van der Waals surface area contributed by atoms with Gasteiger partial charge in [-0.25, -0.2) is 4.98 Å². The van der Waals surface area contributed by atoms with Gasteiger partial charge in [0.25, 0.3) is 0 Å². The number of nitrogens with zero attached hydrogens (tertiary/aromatic N) is 2. The lowest BCUT2D eigenvalue weighted by Gasteiger charge is -2.08. The molecule has 0 aliphatic carbocycles. The zero-order chi connectivity index (χ0) is 14.3. The fraction of sp³-hybridized carbons (Fsp3) is 0.278. The molecule has 2 aromatic carbocycles. The zero-order valence-electron chi connectivity index (χ0n) is 12.2. The summed E-state index contributed by atoms with van der Waals surface area (Å²) in [5, 5.41) is 6.22. The van der Waals surface area contributed by atoms with Gasteiger partial charge in [0.1, 0.15) is 0 Å². The van der Waals surface area contributed by atoms with E-state index in [1.165, 1.54) is 29.2 Å². The van der Waals surface area contributed by atoms with E-state index in [1.54, 1.807) is 0 Å². The highest BCUT2D eigenvalue weighted by Crippen LogP contribution is 2.18. The van der Waals surface area contributed by atoms with Crippen molar-refractivity contribution in [1.82, 2.24) is 14.9 Å². The fourth-order valence-corrected chi connectivity index (χ4v) is 2.63. The number of fused-ring (bicyclic) bond motifs is 1. The van der Waals surface area contributed by atoms with Gasteiger partial charge in [-0.15, -0.1) is 0 Å². The molecule has 1 N–H and O–H groups in total. The molecule has 0 spiro atoms. The van der Waals surface area contributed by atoms with Gasteiger partial charge in [0, 0.05) is 25.5 Å². The Labute approximate surface area is 125 Å². The summed E-state index contributed by atoms with van der Waals surface area (Å²) in [6, 6.07) is 15.1. The molecule has 3 aromatic rings. The number of benzene rings is 2. The topological polar surface area (TPSA) is 29.9 Å². The second-order valence-electron chi connectivity index (χ2n) is 5.32. The molecule has 0 atom stereocenters. The smallest absolute Gasteiger partial charge is 0.0945 e. The molecular weight excluding hydrogens is 258 g/mol. The Morgan fingerprint density at radius 3 is 2.81 bits per heavy atom. The van der Waals surface area contributed by atoms with E-state index in [1.807, 2.05) is 18.7 Å². The maximum Gasteiger partial charge on any atom is 0.0945 e. The third-order valence-corrected chi connectivity index (χ3v) is 3.77. The SMILES string of the molecule is c1ccc2c(CNCCCCn3ccnc3)cccc2c1. The first kappa shape index (κ1) is 13.8. The number of aryl methyl sites for hydroxylation is 1. The molecule has 108 valence electrons. The van der Waals surface area contributed by atoms with Crippen LogP contribution in [0.3, 0.4) is 0 Å². The number of rotatable bonds is 7. The van der Waals surface area contributed by atoms with E-state index in [0.717, 1.165) is 19.6 Å². The van der Waals surface area contributed by atoms with Gasteiger partial charge < -0.3 is 9.88 Å². The van der Waals surface area contributed by atoms with Gasteiger partial charge in [-0.05, 0) is 35.7 Å². The van der Waals surface area contributed by atoms with E-state index in [0.29, 0.717) is 0 Å². The quantitative estimate of drug-likeness (QED) is 0.670. The van der Waals surface area contributed by atoms with Gasteiger partial charge in [-0.2, -0.15) is 0 Å². The molecule has 0 fully saturated rings. The second-order valence-corrected chi connectivity index (χ2v) is 5.32. The lowest BCUT2D eigenvalue weighted by Crippen LogP contribution is -2.15. The second kappa shape index (κ2) is 7.04. The van der Waals surface area contributed by atoms with E-state index in [4.69, 9.17) is 0 Å². The monoisotopic (exact) mass is 279 g/mol. The largest absolute Gasteiger partial charge is 0.337 e. The van der Waals surface area contributed by atoms with Crippen LogP contribution in [-0.4, -0.2) is 16.1 Å². The van der Waals surface area contributed by atoms with Gasteiger partial charge in [0.15, 0.2) is 0 Å². The Morgan fingerprint density at radius 1 is 1.00 bits per heavy atom. The molecule has 0 saturated carbocycles. The molecule has 0 saturated heterocycles. The molecule has 0 radical (unpaired) electrons. The number of unbranched alkanes of at least 4 members (excludes halogenated alkanes) is 1. The first-order chi connectivity index (χ1) is 10.4. The van der Waals surface area contributed by atoms with Crippen molar-refractivity contribution in [2.45, 2.75) is 25.9 Å². The molecule has 21 heavy (non-hydrogen) atoms. The first-order valence-corrected chi connectivity index (χ1v) is 7.56. The average Bonchev–Trinajstić information content (AvgIpc) is 3.04. The van der Waals surface area contributed by atoms with Crippen LogP contribution in [0.15, 0.2) is 61.2 Å². The zero-order valence-corrected chi connectivity index (χ0v) is 12.2. The maximum atomic E-state index is 4.05. The molecule has 0 bridgehead atoms. The van der Waals surface area contributed by atoms with Crippen LogP contribution in [0.1, 0.15) is 18.4 Å². The summed E-state index contributed by atoms with van der Waals surface area (Å²) in [5.74, 6) is 0. The van der Waals surface area contributed by atoms with Crippen LogP contribution >= 0.6 is 0 Å². The van der Waals surface area contributed by atoms with Crippen molar-refractivity contribution in [3.8, 4) is 0 Å². The number of nitrogens with one attached hydrogen (secondary N) is 1. The Hall–Kier alpha value is -2.13. The Kier molecular flexibility index (Phi) is 4.64. The van der Waals surface area contributed by atoms with Crippen LogP contribution < -0.4 is 5.32 Å². The van der Waals surface area contributed by atoms with E-state index < -0.39 is 0 Å². The molecule has 0 aliphatic rings. The molecule has 3 nitrogen and oxygen atoms in total. The molecule has 1 aromatic heterocycles. The minimum absolute atomic E-state index is 0.937. The number of aromatic nitrogens is 2. The first-order valence-electron chi connectivity index (χ1n) is 7.56. The third-order valence-electron chi connectivity index (χ3n) is 3.77. The normalized spacial score (nSPS) is 11.0. The predicted molar refractivity (Wildman–Crippen MR) is 87.1 cm³/mol. The molecule has 0 aliphatic heterocycles. The Balaban J connectivity index is 1.44. The minimum atomic E-state index is 0.937. The van der Waals surface area contributed by atoms with Gasteiger partial charge in [-0.3, -0.25) is 0 Å². The molecule has 0 amide bonds. The van der Waals surface area contributed by atoms with Crippen molar-refractivity contribution in [3.05, 3.63) is 66.7 Å². The van der Waals surface area contributed by atoms with Crippen LogP contribution in [-0.2, 0) is 13.1 Å². The van der Waals surface area contributed by atoms with Crippen LogP contribution in [0.4, 0.5) is 0 Å². The van der Waals surface area contributed by atoms with Gasteiger partial charge in [0.05, 0.1) is 6.33 Å². The van der Waals surface area contributed by atoms with Crippen LogP contribution in [0.25, 0.3) is 10.8 Å². The fourth-order valence-electron chi connectivity index (χ4n) is 2.63. The highest BCUT2D eigenvalue weighted by Gasteiger charge is 1.99. The predicted octanol–water partition coefficient (Wildman–Crippen LogP) is 3.61. The average molecular weight is 279 g/mol. The molecule has 0 unspecified atom stereocenters. The minimum Gasteiger partial charge on any atom is -0.337 e. The van der Waals surface area contributed by atoms with Crippen LogP contribution in [0.5, 0.6) is 0 Å². The lowest BCUT2D eigenvalue weighted by molar-refractivity contribution is 0.569. The van der Waals surface area contributed by atoms with Gasteiger partial charge >= 0.3 is 0 Å². The van der Waals surface area contributed by atoms with Crippen LogP contribution in [0, 0.1) is 0 Å².